The molecule has 0 spiro atoms. The van der Waals surface area contributed by atoms with Crippen molar-refractivity contribution in [3.05, 3.63) is 83.1 Å². The number of nitrogens with one attached hydrogen (secondary N) is 6. The van der Waals surface area contributed by atoms with E-state index in [1.807, 2.05) is 32.6 Å². The van der Waals surface area contributed by atoms with E-state index in [-0.39, 0.29) is 55.4 Å². The van der Waals surface area contributed by atoms with Crippen molar-refractivity contribution in [2.75, 3.05) is 35.6 Å². The fraction of sp³-hybridized carbons (Fsp3) is 0.481. The van der Waals surface area contributed by atoms with Gasteiger partial charge in [-0.15, -0.1) is 0 Å². The molecule has 19 heteroatoms. The quantitative estimate of drug-likeness (QED) is 0.0348. The number of amides is 8. The molecule has 3 aromatic rings. The number of carbonyl (C=O) groups is 7. The van der Waals surface area contributed by atoms with Crippen LogP contribution in [0, 0.1) is 11.8 Å². The maximum absolute atomic E-state index is 13.6. The van der Waals surface area contributed by atoms with Crippen LogP contribution >= 0.6 is 0 Å². The summed E-state index contributed by atoms with van der Waals surface area (Å²) in [6.07, 6.45) is 10.0. The van der Waals surface area contributed by atoms with Crippen LogP contribution in [-0.4, -0.2) is 89.1 Å². The van der Waals surface area contributed by atoms with Crippen molar-refractivity contribution in [1.82, 2.24) is 25.8 Å². The Morgan fingerprint density at radius 1 is 0.775 bits per heavy atom. The number of hydrogen-bond donors (Lipinski definition) is 8. The number of hydrogen-bond acceptors (Lipinski definition) is 11. The number of rotatable bonds is 27. The minimum atomic E-state index is -1.00. The number of urea groups is 1. The first-order valence-corrected chi connectivity index (χ1v) is 24.7. The molecule has 19 nitrogen and oxygen atoms in total. The van der Waals surface area contributed by atoms with Crippen molar-refractivity contribution in [2.45, 2.75) is 131 Å². The molecule has 1 aliphatic rings. The number of aliphatic imine (C=N–C) groups is 1. The van der Waals surface area contributed by atoms with Crippen LogP contribution < -0.4 is 43.4 Å². The molecule has 2 aromatic carbocycles. The molecule has 0 radical (unpaired) electrons. The number of primary amides is 1. The summed E-state index contributed by atoms with van der Waals surface area (Å²) in [4.78, 5) is 101. The Morgan fingerprint density at radius 2 is 1.48 bits per heavy atom. The fourth-order valence-corrected chi connectivity index (χ4v) is 7.70. The van der Waals surface area contributed by atoms with Crippen LogP contribution in [0.5, 0.6) is 0 Å². The van der Waals surface area contributed by atoms with Crippen molar-refractivity contribution in [3.63, 3.8) is 0 Å². The summed E-state index contributed by atoms with van der Waals surface area (Å²) in [5, 5.41) is 16.3. The summed E-state index contributed by atoms with van der Waals surface area (Å²) in [5.41, 5.74) is 14.8. The van der Waals surface area contributed by atoms with E-state index in [9.17, 15) is 33.6 Å². The lowest BCUT2D eigenvalue weighted by Crippen LogP contribution is -2.54. The first-order chi connectivity index (χ1) is 34.0. The summed E-state index contributed by atoms with van der Waals surface area (Å²) in [7, 11) is 0. The number of amidine groups is 1. The van der Waals surface area contributed by atoms with Crippen molar-refractivity contribution >= 4 is 76.5 Å². The number of carbonyl (C=O) groups excluding carboxylic acids is 7. The average Bonchev–Trinajstić information content (AvgIpc) is 3.50. The minimum absolute atomic E-state index is 0.0783. The molecule has 0 saturated heterocycles. The van der Waals surface area contributed by atoms with Gasteiger partial charge in [-0.05, 0) is 92.0 Å². The van der Waals surface area contributed by atoms with Crippen molar-refractivity contribution in [3.8, 4) is 0 Å². The highest BCUT2D eigenvalue weighted by Gasteiger charge is 2.29. The zero-order valence-electron chi connectivity index (χ0n) is 42.0. The largest absolute Gasteiger partial charge is 0.444 e. The van der Waals surface area contributed by atoms with Gasteiger partial charge in [0.05, 0.1) is 17.6 Å². The fourth-order valence-electron chi connectivity index (χ4n) is 7.70. The number of nitrogens with two attached hydrogens (primary N) is 2. The average molecular weight is 980 g/mol. The highest BCUT2D eigenvalue weighted by molar-refractivity contribution is 6.08. The van der Waals surface area contributed by atoms with E-state index in [0.29, 0.717) is 71.2 Å². The van der Waals surface area contributed by atoms with E-state index in [0.717, 1.165) is 44.9 Å². The van der Waals surface area contributed by atoms with E-state index in [1.54, 1.807) is 54.6 Å². The Morgan fingerprint density at radius 3 is 2.13 bits per heavy atom. The maximum atomic E-state index is 13.6. The summed E-state index contributed by atoms with van der Waals surface area (Å²) >= 11 is 0. The second-order valence-corrected chi connectivity index (χ2v) is 18.4. The Kier molecular flexibility index (Phi) is 23.0. The van der Waals surface area contributed by atoms with E-state index < -0.39 is 41.9 Å². The Bertz CT molecular complexity index is 2340. The Balaban J connectivity index is 1.28. The number of nitrogens with zero attached hydrogens (tertiary/aromatic N) is 3. The number of fused-ring (bicyclic) bond motifs is 1. The molecule has 2 heterocycles. The van der Waals surface area contributed by atoms with Crippen molar-refractivity contribution < 1.29 is 38.3 Å². The van der Waals surface area contributed by atoms with Gasteiger partial charge in [-0.1, -0.05) is 85.4 Å². The second kappa shape index (κ2) is 29.0. The van der Waals surface area contributed by atoms with E-state index in [2.05, 4.69) is 55.7 Å². The lowest BCUT2D eigenvalue weighted by Gasteiger charge is -2.25. The van der Waals surface area contributed by atoms with Crippen LogP contribution in [-0.2, 0) is 30.5 Å². The Labute approximate surface area is 417 Å². The molecule has 4 rings (SSSR count). The lowest BCUT2D eigenvalue weighted by atomic mass is 10.0. The van der Waals surface area contributed by atoms with Crippen LogP contribution in [0.4, 0.5) is 32.5 Å². The molecule has 71 heavy (non-hydrogen) atoms. The van der Waals surface area contributed by atoms with Gasteiger partial charge in [-0.3, -0.25) is 29.3 Å². The summed E-state index contributed by atoms with van der Waals surface area (Å²) in [5.74, 6) is -0.907. The van der Waals surface area contributed by atoms with Crippen LogP contribution in [0.15, 0.2) is 71.4 Å². The van der Waals surface area contributed by atoms with Gasteiger partial charge in [0.15, 0.2) is 0 Å². The minimum Gasteiger partial charge on any atom is -0.444 e. The molecule has 0 fully saturated rings. The summed E-state index contributed by atoms with van der Waals surface area (Å²) < 4.78 is 5.38. The molecule has 1 aromatic heterocycles. The number of anilines is 3. The van der Waals surface area contributed by atoms with Crippen molar-refractivity contribution in [1.29, 1.82) is 0 Å². The molecule has 1 aliphatic heterocycles. The second-order valence-electron chi connectivity index (χ2n) is 18.4. The molecule has 8 amide bonds. The van der Waals surface area contributed by atoms with Gasteiger partial charge in [0.2, 0.25) is 23.6 Å². The van der Waals surface area contributed by atoms with Gasteiger partial charge in [0, 0.05) is 54.9 Å². The molecular weight excluding hydrogens is 907 g/mol. The van der Waals surface area contributed by atoms with E-state index in [1.165, 1.54) is 12.3 Å². The smallest absolute Gasteiger partial charge is 0.413 e. The molecule has 2 unspecified atom stereocenters. The first-order valence-electron chi connectivity index (χ1n) is 24.7. The van der Waals surface area contributed by atoms with Gasteiger partial charge >= 0.3 is 12.1 Å². The summed E-state index contributed by atoms with van der Waals surface area (Å²) in [6, 6.07) is 12.0. The molecule has 0 saturated carbocycles. The topological polar surface area (TPSA) is 281 Å². The van der Waals surface area contributed by atoms with Gasteiger partial charge in [0.1, 0.15) is 30.3 Å². The molecule has 0 bridgehead atoms. The predicted molar refractivity (Wildman–Crippen MR) is 277 cm³/mol. The van der Waals surface area contributed by atoms with E-state index >= 15 is 0 Å². The number of benzene rings is 2. The third-order valence-electron chi connectivity index (χ3n) is 11.5. The highest BCUT2D eigenvalue weighted by Crippen LogP contribution is 2.29. The number of unbranched alkanes of at least 4 members (excludes halogenated alkanes) is 3. The van der Waals surface area contributed by atoms with Crippen LogP contribution in [0.25, 0.3) is 6.08 Å². The van der Waals surface area contributed by atoms with Crippen LogP contribution in [0.2, 0.25) is 0 Å². The molecule has 384 valence electrons. The van der Waals surface area contributed by atoms with Crippen LogP contribution in [0.1, 0.15) is 134 Å². The summed E-state index contributed by atoms with van der Waals surface area (Å²) in [6.45, 7) is 13.4. The third-order valence-corrected chi connectivity index (χ3v) is 11.5. The third kappa shape index (κ3) is 19.5. The Hall–Kier alpha value is -7.31. The highest BCUT2D eigenvalue weighted by atomic mass is 16.5. The van der Waals surface area contributed by atoms with E-state index in [4.69, 9.17) is 16.2 Å². The van der Waals surface area contributed by atoms with Gasteiger partial charge < -0.3 is 47.7 Å². The zero-order valence-corrected chi connectivity index (χ0v) is 42.0. The molecule has 0 aliphatic carbocycles. The maximum Gasteiger partial charge on any atom is 0.413 e. The molecule has 2 atom stereocenters. The lowest BCUT2D eigenvalue weighted by molar-refractivity contribution is -0.132. The number of aromatic nitrogens is 1. The molecule has 10 N–H and O–H groups in total. The predicted octanol–water partition coefficient (Wildman–Crippen LogP) is 7.52. The van der Waals surface area contributed by atoms with Gasteiger partial charge in [0.25, 0.3) is 5.91 Å². The van der Waals surface area contributed by atoms with Gasteiger partial charge in [-0.2, -0.15) is 0 Å². The monoisotopic (exact) mass is 980 g/mol. The molecular formula is C52H73N11O8. The van der Waals surface area contributed by atoms with Crippen LogP contribution in [0.3, 0.4) is 0 Å². The normalized spacial score (nSPS) is 12.8. The SMILES string of the molecule is CCCN(CCC)C(=O)C1=Cc2ccc(C(=O)Nc3ccc(NC(=O)OCc4ccc(NC(=O)C(CCCNC(N)=O)NC(=O)C(NC(=O)CCCCCCC(C)C)C(C)C)cc4)nc3)cc2N=C(N)C1. The number of ether oxygens (including phenoxy) is 1. The van der Waals surface area contributed by atoms with Crippen molar-refractivity contribution in [2.24, 2.45) is 28.3 Å². The first kappa shape index (κ1) is 56.3. The zero-order chi connectivity index (χ0) is 51.9. The number of pyridine rings is 1. The standard InChI is InChI=1S/C52H73N11O8/c1-7-26-63(27-8-2)50(68)38-28-36-19-20-37(29-42(36)59-43(53)30-38)47(65)58-40-23-24-44(56-31-40)61-52(70)71-32-35-17-21-39(22-18-35)57-48(66)41(15-13-25-55-51(54)69)60-49(67)46(34(5)6)62-45(64)16-12-10-9-11-14-33(3)4/h17-24,28-29,31,33-34,41,46H,7-16,25-27,30,32H2,1-6H3,(H2,53,59)(H,57,66)(H,58,65)(H,60,67)(H,62,64)(H3,54,55,69)(H,56,61,70). The van der Waals surface area contributed by atoms with Gasteiger partial charge in [-0.25, -0.2) is 19.6 Å².